The Morgan fingerprint density at radius 3 is 2.81 bits per heavy atom. The van der Waals surface area contributed by atoms with Crippen LogP contribution in [0, 0.1) is 0 Å². The average Bonchev–Trinajstić information content (AvgIpc) is 2.69. The third kappa shape index (κ3) is 4.13. The molecular weight excluding hydrogens is 260 g/mol. The number of nitrogens with one attached hydrogen (secondary N) is 1. The van der Waals surface area contributed by atoms with E-state index in [1.165, 1.54) is 36.9 Å². The Kier molecular flexibility index (Phi) is 5.92. The first kappa shape index (κ1) is 16.2. The minimum Gasteiger partial charge on any atom is -0.496 e. The van der Waals surface area contributed by atoms with Gasteiger partial charge in [-0.1, -0.05) is 32.8 Å². The van der Waals surface area contributed by atoms with Crippen molar-refractivity contribution in [3.63, 3.8) is 0 Å². The molecule has 0 aromatic heterocycles. The van der Waals surface area contributed by atoms with Crippen LogP contribution in [0.1, 0.15) is 52.0 Å². The minimum absolute atomic E-state index is 0.476. The smallest absolute Gasteiger partial charge is 0.125 e. The molecule has 1 aromatic rings. The fourth-order valence-corrected chi connectivity index (χ4v) is 3.13. The van der Waals surface area contributed by atoms with Gasteiger partial charge in [0.25, 0.3) is 0 Å². The average molecular weight is 290 g/mol. The van der Waals surface area contributed by atoms with Gasteiger partial charge in [-0.3, -0.25) is 0 Å². The summed E-state index contributed by atoms with van der Waals surface area (Å²) in [6, 6.07) is 7.53. The van der Waals surface area contributed by atoms with E-state index in [2.05, 4.69) is 49.2 Å². The highest BCUT2D eigenvalue weighted by atomic mass is 16.5. The van der Waals surface area contributed by atoms with Gasteiger partial charge in [0, 0.05) is 36.4 Å². The van der Waals surface area contributed by atoms with Crippen LogP contribution in [-0.4, -0.2) is 25.7 Å². The normalized spacial score (nSPS) is 19.7. The van der Waals surface area contributed by atoms with Gasteiger partial charge in [0.15, 0.2) is 0 Å². The van der Waals surface area contributed by atoms with Gasteiger partial charge in [0.05, 0.1) is 7.11 Å². The lowest BCUT2D eigenvalue weighted by atomic mass is 10.1. The Bertz CT molecular complexity index is 445. The van der Waals surface area contributed by atoms with Crippen molar-refractivity contribution < 1.29 is 4.74 Å². The van der Waals surface area contributed by atoms with E-state index in [4.69, 9.17) is 4.74 Å². The second-order valence-electron chi connectivity index (χ2n) is 6.39. The van der Waals surface area contributed by atoms with Crippen LogP contribution >= 0.6 is 0 Å². The van der Waals surface area contributed by atoms with Gasteiger partial charge >= 0.3 is 0 Å². The van der Waals surface area contributed by atoms with Gasteiger partial charge in [-0.15, -0.1) is 0 Å². The molecule has 1 aliphatic heterocycles. The molecule has 0 amide bonds. The minimum atomic E-state index is 0.476. The van der Waals surface area contributed by atoms with Crippen molar-refractivity contribution >= 4 is 5.69 Å². The lowest BCUT2D eigenvalue weighted by molar-refractivity contribution is 0.406. The molecule has 1 aliphatic rings. The summed E-state index contributed by atoms with van der Waals surface area (Å²) in [6.45, 7) is 8.74. The summed E-state index contributed by atoms with van der Waals surface area (Å²) < 4.78 is 5.61. The molecule has 0 saturated carbocycles. The fraction of sp³-hybridized carbons (Fsp3) is 0.667. The number of hydrogen-bond acceptors (Lipinski definition) is 3. The van der Waals surface area contributed by atoms with Crippen LogP contribution in [0.25, 0.3) is 0 Å². The van der Waals surface area contributed by atoms with E-state index in [1.807, 2.05) is 0 Å². The SMILES string of the molecule is COc1cccc(N2CCCCCC2C)c1CNC(C)C. The molecule has 2 rings (SSSR count). The van der Waals surface area contributed by atoms with Crippen LogP contribution < -0.4 is 15.0 Å². The predicted molar refractivity (Wildman–Crippen MR) is 90.2 cm³/mol. The quantitative estimate of drug-likeness (QED) is 0.888. The van der Waals surface area contributed by atoms with Crippen molar-refractivity contribution in [2.24, 2.45) is 0 Å². The molecule has 0 radical (unpaired) electrons. The summed E-state index contributed by atoms with van der Waals surface area (Å²) in [7, 11) is 1.77. The molecule has 0 bridgehead atoms. The lowest BCUT2D eigenvalue weighted by Gasteiger charge is -2.32. The fourth-order valence-electron chi connectivity index (χ4n) is 3.13. The maximum absolute atomic E-state index is 5.61. The van der Waals surface area contributed by atoms with Gasteiger partial charge in [-0.25, -0.2) is 0 Å². The topological polar surface area (TPSA) is 24.5 Å². The number of anilines is 1. The Morgan fingerprint density at radius 2 is 2.10 bits per heavy atom. The predicted octanol–water partition coefficient (Wildman–Crippen LogP) is 3.96. The number of methoxy groups -OCH3 is 1. The maximum Gasteiger partial charge on any atom is 0.125 e. The number of rotatable bonds is 5. The van der Waals surface area contributed by atoms with E-state index in [0.717, 1.165) is 18.8 Å². The molecule has 3 heteroatoms. The number of nitrogens with zero attached hydrogens (tertiary/aromatic N) is 1. The van der Waals surface area contributed by atoms with Gasteiger partial charge in [-0.05, 0) is 31.9 Å². The zero-order valence-electron chi connectivity index (χ0n) is 14.0. The summed E-state index contributed by atoms with van der Waals surface area (Å²) in [5.74, 6) is 0.997. The van der Waals surface area contributed by atoms with Crippen LogP contribution in [0.15, 0.2) is 18.2 Å². The van der Waals surface area contributed by atoms with Crippen LogP contribution in [-0.2, 0) is 6.54 Å². The highest BCUT2D eigenvalue weighted by Crippen LogP contribution is 2.33. The molecule has 1 N–H and O–H groups in total. The molecule has 21 heavy (non-hydrogen) atoms. The van der Waals surface area contributed by atoms with E-state index in [0.29, 0.717) is 12.1 Å². The van der Waals surface area contributed by atoms with E-state index in [9.17, 15) is 0 Å². The third-order valence-electron chi connectivity index (χ3n) is 4.38. The standard InChI is InChI=1S/C18H30N2O/c1-14(2)19-13-16-17(10-8-11-18(16)21-4)20-12-7-5-6-9-15(20)3/h8,10-11,14-15,19H,5-7,9,12-13H2,1-4H3. The number of ether oxygens (including phenoxy) is 1. The van der Waals surface area contributed by atoms with E-state index in [-0.39, 0.29) is 0 Å². The molecular formula is C18H30N2O. The maximum atomic E-state index is 5.61. The summed E-state index contributed by atoms with van der Waals surface area (Å²) in [6.07, 6.45) is 5.28. The molecule has 1 aromatic carbocycles. The van der Waals surface area contributed by atoms with Gasteiger partial charge < -0.3 is 15.0 Å². The Labute approximate surface area is 129 Å². The van der Waals surface area contributed by atoms with Crippen molar-refractivity contribution in [1.29, 1.82) is 0 Å². The third-order valence-corrected chi connectivity index (χ3v) is 4.38. The Morgan fingerprint density at radius 1 is 1.29 bits per heavy atom. The number of hydrogen-bond donors (Lipinski definition) is 1. The molecule has 1 saturated heterocycles. The van der Waals surface area contributed by atoms with Crippen LogP contribution in [0.5, 0.6) is 5.75 Å². The van der Waals surface area contributed by atoms with Crippen molar-refractivity contribution in [2.75, 3.05) is 18.6 Å². The second-order valence-corrected chi connectivity index (χ2v) is 6.39. The van der Waals surface area contributed by atoms with Crippen molar-refractivity contribution in [3.05, 3.63) is 23.8 Å². The molecule has 1 fully saturated rings. The molecule has 1 atom stereocenters. The van der Waals surface area contributed by atoms with Crippen molar-refractivity contribution in [1.82, 2.24) is 5.32 Å². The lowest BCUT2D eigenvalue weighted by Crippen LogP contribution is -2.34. The van der Waals surface area contributed by atoms with Crippen molar-refractivity contribution in [2.45, 2.75) is 65.1 Å². The molecule has 0 aliphatic carbocycles. The summed E-state index contributed by atoms with van der Waals surface area (Å²) in [5, 5.41) is 3.54. The Hall–Kier alpha value is -1.22. The molecule has 3 nitrogen and oxygen atoms in total. The Balaban J connectivity index is 2.31. The summed E-state index contributed by atoms with van der Waals surface area (Å²) in [4.78, 5) is 2.58. The van der Waals surface area contributed by atoms with E-state index < -0.39 is 0 Å². The second kappa shape index (κ2) is 7.69. The van der Waals surface area contributed by atoms with Gasteiger partial charge in [0.1, 0.15) is 5.75 Å². The molecule has 1 heterocycles. The highest BCUT2D eigenvalue weighted by Gasteiger charge is 2.21. The van der Waals surface area contributed by atoms with Gasteiger partial charge in [0.2, 0.25) is 0 Å². The van der Waals surface area contributed by atoms with Crippen LogP contribution in [0.3, 0.4) is 0 Å². The number of benzene rings is 1. The summed E-state index contributed by atoms with van der Waals surface area (Å²) >= 11 is 0. The van der Waals surface area contributed by atoms with E-state index in [1.54, 1.807) is 7.11 Å². The first-order valence-corrected chi connectivity index (χ1v) is 8.29. The zero-order valence-corrected chi connectivity index (χ0v) is 14.0. The van der Waals surface area contributed by atoms with Crippen molar-refractivity contribution in [3.8, 4) is 5.75 Å². The van der Waals surface area contributed by atoms with Crippen LogP contribution in [0.4, 0.5) is 5.69 Å². The van der Waals surface area contributed by atoms with Gasteiger partial charge in [-0.2, -0.15) is 0 Å². The first-order valence-electron chi connectivity index (χ1n) is 8.29. The molecule has 1 unspecified atom stereocenters. The molecule has 118 valence electrons. The first-order chi connectivity index (χ1) is 10.1. The monoisotopic (exact) mass is 290 g/mol. The summed E-state index contributed by atoms with van der Waals surface area (Å²) in [5.41, 5.74) is 2.64. The zero-order chi connectivity index (χ0) is 15.2. The van der Waals surface area contributed by atoms with Crippen LogP contribution in [0.2, 0.25) is 0 Å². The largest absolute Gasteiger partial charge is 0.496 e. The molecule has 0 spiro atoms. The highest BCUT2D eigenvalue weighted by molar-refractivity contribution is 5.60. The van der Waals surface area contributed by atoms with E-state index >= 15 is 0 Å².